The van der Waals surface area contributed by atoms with E-state index in [0.717, 1.165) is 0 Å². The van der Waals surface area contributed by atoms with Crippen LogP contribution < -0.4 is 10.5 Å². The van der Waals surface area contributed by atoms with Gasteiger partial charge in [0.05, 0.1) is 16.4 Å². The van der Waals surface area contributed by atoms with E-state index in [-0.39, 0.29) is 22.8 Å². The molecule has 1 unspecified atom stereocenters. The smallest absolute Gasteiger partial charge is 0.241 e. The Morgan fingerprint density at radius 1 is 1.35 bits per heavy atom. The number of nitrogen functional groups attached to an aromatic ring is 1. The van der Waals surface area contributed by atoms with Crippen molar-refractivity contribution in [2.24, 2.45) is 0 Å². The molecule has 0 bridgehead atoms. The normalized spacial score (nSPS) is 25.7. The van der Waals surface area contributed by atoms with Crippen molar-refractivity contribution in [3.8, 4) is 0 Å². The predicted molar refractivity (Wildman–Crippen MR) is 77.6 cm³/mol. The molecule has 2 rings (SSSR count). The summed E-state index contributed by atoms with van der Waals surface area (Å²) in [5.74, 6) is -0.167. The van der Waals surface area contributed by atoms with Crippen molar-refractivity contribution in [3.05, 3.63) is 23.8 Å². The third-order valence-electron chi connectivity index (χ3n) is 3.37. The minimum absolute atomic E-state index is 0.00669. The molecule has 1 fully saturated rings. The Morgan fingerprint density at radius 3 is 2.50 bits per heavy atom. The fraction of sp³-hybridized carbons (Fsp3) is 0.500. The molecular formula is C12H18N2O4S2. The molecule has 1 aromatic rings. The Morgan fingerprint density at radius 2 is 2.00 bits per heavy atom. The van der Waals surface area contributed by atoms with Crippen molar-refractivity contribution in [1.29, 1.82) is 0 Å². The number of rotatable bonds is 3. The highest BCUT2D eigenvalue weighted by Crippen LogP contribution is 2.26. The van der Waals surface area contributed by atoms with E-state index in [1.807, 2.05) is 0 Å². The van der Waals surface area contributed by atoms with Gasteiger partial charge in [-0.05, 0) is 44.0 Å². The van der Waals surface area contributed by atoms with Crippen molar-refractivity contribution < 1.29 is 16.8 Å². The van der Waals surface area contributed by atoms with Crippen molar-refractivity contribution in [2.45, 2.75) is 30.7 Å². The van der Waals surface area contributed by atoms with Gasteiger partial charge in [0, 0.05) is 11.2 Å². The third-order valence-corrected chi connectivity index (χ3v) is 7.07. The van der Waals surface area contributed by atoms with Crippen LogP contribution >= 0.6 is 0 Å². The molecule has 1 atom stereocenters. The Balaban J connectivity index is 2.33. The summed E-state index contributed by atoms with van der Waals surface area (Å²) in [4.78, 5) is 0.122. The SMILES string of the molecule is Cc1cc(N)ccc1S(=O)(=O)NC1(C)CCS(=O)(=O)C1. The average Bonchev–Trinajstić information content (AvgIpc) is 2.50. The largest absolute Gasteiger partial charge is 0.399 e. The fourth-order valence-electron chi connectivity index (χ4n) is 2.44. The summed E-state index contributed by atoms with van der Waals surface area (Å²) >= 11 is 0. The molecule has 6 nitrogen and oxygen atoms in total. The third kappa shape index (κ3) is 3.13. The lowest BCUT2D eigenvalue weighted by molar-refractivity contribution is 0.461. The van der Waals surface area contributed by atoms with Gasteiger partial charge >= 0.3 is 0 Å². The van der Waals surface area contributed by atoms with Gasteiger partial charge in [-0.3, -0.25) is 0 Å². The van der Waals surface area contributed by atoms with Gasteiger partial charge in [-0.25, -0.2) is 21.6 Å². The monoisotopic (exact) mass is 318 g/mol. The Bertz CT molecular complexity index is 741. The molecule has 0 spiro atoms. The molecule has 0 saturated carbocycles. The minimum atomic E-state index is -3.77. The predicted octanol–water partition coefficient (Wildman–Crippen LogP) is 0.433. The van der Waals surface area contributed by atoms with Crippen LogP contribution in [0.3, 0.4) is 0 Å². The second kappa shape index (κ2) is 4.71. The molecule has 1 aliphatic heterocycles. The minimum Gasteiger partial charge on any atom is -0.399 e. The van der Waals surface area contributed by atoms with Gasteiger partial charge in [0.1, 0.15) is 0 Å². The molecule has 1 aromatic carbocycles. The summed E-state index contributed by atoms with van der Waals surface area (Å²) in [5.41, 5.74) is 5.66. The van der Waals surface area contributed by atoms with E-state index in [2.05, 4.69) is 4.72 Å². The Kier molecular flexibility index (Phi) is 3.60. The zero-order valence-electron chi connectivity index (χ0n) is 11.4. The van der Waals surface area contributed by atoms with Crippen LogP contribution in [0.15, 0.2) is 23.1 Å². The van der Waals surface area contributed by atoms with Gasteiger partial charge in [-0.1, -0.05) is 0 Å². The molecule has 0 aliphatic carbocycles. The topological polar surface area (TPSA) is 106 Å². The highest BCUT2D eigenvalue weighted by molar-refractivity contribution is 7.92. The number of sulfonamides is 1. The maximum Gasteiger partial charge on any atom is 0.241 e. The molecule has 112 valence electrons. The first-order valence-corrected chi connectivity index (χ1v) is 9.44. The van der Waals surface area contributed by atoms with E-state index in [1.54, 1.807) is 19.9 Å². The van der Waals surface area contributed by atoms with Crippen molar-refractivity contribution in [1.82, 2.24) is 4.72 Å². The quantitative estimate of drug-likeness (QED) is 0.786. The van der Waals surface area contributed by atoms with Crippen LogP contribution in [0.25, 0.3) is 0 Å². The summed E-state index contributed by atoms with van der Waals surface area (Å²) in [6, 6.07) is 4.51. The van der Waals surface area contributed by atoms with Gasteiger partial charge < -0.3 is 5.73 Å². The summed E-state index contributed by atoms with van der Waals surface area (Å²) in [7, 11) is -6.94. The Labute approximate surface area is 119 Å². The number of nitrogens with one attached hydrogen (secondary N) is 1. The number of hydrogen-bond donors (Lipinski definition) is 2. The van der Waals surface area contributed by atoms with Crippen LogP contribution in [0.2, 0.25) is 0 Å². The summed E-state index contributed by atoms with van der Waals surface area (Å²) in [5, 5.41) is 0. The van der Waals surface area contributed by atoms with Gasteiger partial charge in [0.25, 0.3) is 0 Å². The van der Waals surface area contributed by atoms with Crippen LogP contribution in [0.4, 0.5) is 5.69 Å². The fourth-order valence-corrected chi connectivity index (χ4v) is 6.29. The molecule has 20 heavy (non-hydrogen) atoms. The molecule has 1 saturated heterocycles. The molecule has 1 aliphatic rings. The number of hydrogen-bond acceptors (Lipinski definition) is 5. The van der Waals surface area contributed by atoms with Gasteiger partial charge in [0.2, 0.25) is 10.0 Å². The van der Waals surface area contributed by atoms with Gasteiger partial charge in [-0.2, -0.15) is 0 Å². The first-order chi connectivity index (χ1) is 9.03. The summed E-state index contributed by atoms with van der Waals surface area (Å²) in [6.45, 7) is 3.26. The van der Waals surface area contributed by atoms with Crippen molar-refractivity contribution >= 4 is 25.5 Å². The number of anilines is 1. The summed E-state index contributed by atoms with van der Waals surface area (Å²) in [6.07, 6.45) is 0.280. The number of benzene rings is 1. The maximum atomic E-state index is 12.4. The first-order valence-electron chi connectivity index (χ1n) is 6.14. The van der Waals surface area contributed by atoms with Crippen LogP contribution in [0.5, 0.6) is 0 Å². The van der Waals surface area contributed by atoms with Crippen LogP contribution in [0, 0.1) is 6.92 Å². The number of aryl methyl sites for hydroxylation is 1. The van der Waals surface area contributed by atoms with E-state index >= 15 is 0 Å². The summed E-state index contributed by atoms with van der Waals surface area (Å²) < 4.78 is 50.4. The maximum absolute atomic E-state index is 12.4. The Hall–Kier alpha value is -1.12. The molecular weight excluding hydrogens is 300 g/mol. The average molecular weight is 318 g/mol. The molecule has 3 N–H and O–H groups in total. The van der Waals surface area contributed by atoms with Crippen molar-refractivity contribution in [2.75, 3.05) is 17.2 Å². The van der Waals surface area contributed by atoms with Gasteiger partial charge in [0.15, 0.2) is 9.84 Å². The van der Waals surface area contributed by atoms with Gasteiger partial charge in [-0.15, -0.1) is 0 Å². The van der Waals surface area contributed by atoms with E-state index in [1.165, 1.54) is 12.1 Å². The number of sulfone groups is 1. The van der Waals surface area contributed by atoms with Crippen LogP contribution in [-0.2, 0) is 19.9 Å². The zero-order valence-corrected chi connectivity index (χ0v) is 13.0. The molecule has 0 radical (unpaired) electrons. The van der Waals surface area contributed by atoms with E-state index < -0.39 is 25.4 Å². The van der Waals surface area contributed by atoms with E-state index in [0.29, 0.717) is 11.3 Å². The molecule has 8 heteroatoms. The highest BCUT2D eigenvalue weighted by Gasteiger charge is 2.41. The second-order valence-electron chi connectivity index (χ2n) is 5.53. The lowest BCUT2D eigenvalue weighted by atomic mass is 10.0. The molecule has 0 aromatic heterocycles. The molecule has 0 amide bonds. The van der Waals surface area contributed by atoms with E-state index in [4.69, 9.17) is 5.73 Å². The van der Waals surface area contributed by atoms with Crippen LogP contribution in [0.1, 0.15) is 18.9 Å². The van der Waals surface area contributed by atoms with E-state index in [9.17, 15) is 16.8 Å². The number of nitrogens with two attached hydrogens (primary N) is 1. The second-order valence-corrected chi connectivity index (χ2v) is 9.37. The first kappa shape index (κ1) is 15.3. The highest BCUT2D eigenvalue weighted by atomic mass is 32.2. The lowest BCUT2D eigenvalue weighted by Crippen LogP contribution is -2.46. The lowest BCUT2D eigenvalue weighted by Gasteiger charge is -2.24. The van der Waals surface area contributed by atoms with Crippen molar-refractivity contribution in [3.63, 3.8) is 0 Å². The van der Waals surface area contributed by atoms with Crippen LogP contribution in [-0.4, -0.2) is 33.9 Å². The zero-order chi connectivity index (χ0) is 15.2. The standard InChI is InChI=1S/C12H18N2O4S2/c1-9-7-10(13)3-4-11(9)20(17,18)14-12(2)5-6-19(15,16)8-12/h3-4,7,14H,5-6,8,13H2,1-2H3. The molecule has 1 heterocycles.